The molecule has 1 atom stereocenters. The molecule has 0 aliphatic carbocycles. The lowest BCUT2D eigenvalue weighted by Crippen LogP contribution is -2.15. The molecule has 1 unspecified atom stereocenters. The second-order valence-corrected chi connectivity index (χ2v) is 3.76. The highest BCUT2D eigenvalue weighted by Crippen LogP contribution is 2.09. The Labute approximate surface area is 101 Å². The van der Waals surface area contributed by atoms with Crippen molar-refractivity contribution in [3.8, 4) is 6.07 Å². The number of esters is 1. The van der Waals surface area contributed by atoms with E-state index in [0.29, 0.717) is 18.5 Å². The summed E-state index contributed by atoms with van der Waals surface area (Å²) in [7, 11) is 0. The summed E-state index contributed by atoms with van der Waals surface area (Å²) in [6.07, 6.45) is 0.765. The maximum Gasteiger partial charge on any atom is 0.307 e. The van der Waals surface area contributed by atoms with E-state index >= 15 is 0 Å². The van der Waals surface area contributed by atoms with Crippen LogP contribution in [-0.2, 0) is 16.0 Å². The van der Waals surface area contributed by atoms with E-state index in [0.717, 1.165) is 5.56 Å². The molecule has 0 spiro atoms. The van der Waals surface area contributed by atoms with Gasteiger partial charge in [-0.25, -0.2) is 0 Å². The van der Waals surface area contributed by atoms with Crippen molar-refractivity contribution >= 4 is 11.7 Å². The molecule has 0 aliphatic rings. The van der Waals surface area contributed by atoms with E-state index in [1.807, 2.05) is 18.2 Å². The van der Waals surface area contributed by atoms with Gasteiger partial charge in [-0.05, 0) is 30.5 Å². The molecule has 4 nitrogen and oxygen atoms in total. The average molecular weight is 232 g/mol. The minimum absolute atomic E-state index is 0.280. The number of aryl methyl sites for hydroxylation is 1. The number of rotatable bonds is 5. The van der Waals surface area contributed by atoms with E-state index in [2.05, 4.69) is 0 Å². The molecule has 0 saturated heterocycles. The van der Waals surface area contributed by atoms with Crippen LogP contribution in [0.4, 0.5) is 5.69 Å². The van der Waals surface area contributed by atoms with Gasteiger partial charge in [0.1, 0.15) is 6.07 Å². The molecule has 90 valence electrons. The molecule has 0 amide bonds. The molecule has 0 bridgehead atoms. The fraction of sp³-hybridized carbons (Fsp3) is 0.385. The Kier molecular flexibility index (Phi) is 5.02. The zero-order chi connectivity index (χ0) is 12.7. The van der Waals surface area contributed by atoms with Crippen LogP contribution in [0, 0.1) is 11.3 Å². The first-order chi connectivity index (χ1) is 8.15. The van der Waals surface area contributed by atoms with Crippen LogP contribution in [0.25, 0.3) is 0 Å². The Bertz CT molecular complexity index is 406. The van der Waals surface area contributed by atoms with Crippen LogP contribution in [0.1, 0.15) is 25.3 Å². The summed E-state index contributed by atoms with van der Waals surface area (Å²) >= 11 is 0. The number of nitrogens with two attached hydrogens (primary N) is 1. The molecular formula is C13H16N2O2. The normalized spacial score (nSPS) is 11.5. The number of carbonyl (C=O) groups excluding carboxylic acids is 1. The standard InChI is InChI=1S/C13H16N2O2/c1-2-12(9-14)17-13(16)8-5-10-3-6-11(15)7-4-10/h3-4,6-7,12H,2,5,8,15H2,1H3. The molecule has 1 aromatic carbocycles. The molecule has 2 N–H and O–H groups in total. The third kappa shape index (κ3) is 4.56. The van der Waals surface area contributed by atoms with Crippen molar-refractivity contribution in [2.45, 2.75) is 32.3 Å². The molecule has 1 rings (SSSR count). The first-order valence-electron chi connectivity index (χ1n) is 5.59. The van der Waals surface area contributed by atoms with Gasteiger partial charge < -0.3 is 10.5 Å². The Morgan fingerprint density at radius 2 is 2.12 bits per heavy atom. The number of nitriles is 1. The highest BCUT2D eigenvalue weighted by atomic mass is 16.5. The third-order valence-electron chi connectivity index (χ3n) is 2.39. The molecule has 0 aliphatic heterocycles. The van der Waals surface area contributed by atoms with Gasteiger partial charge in [0.15, 0.2) is 6.10 Å². The first-order valence-corrected chi connectivity index (χ1v) is 5.59. The van der Waals surface area contributed by atoms with E-state index in [1.165, 1.54) is 0 Å². The second kappa shape index (κ2) is 6.54. The van der Waals surface area contributed by atoms with Crippen molar-refractivity contribution in [3.05, 3.63) is 29.8 Å². The molecule has 0 aromatic heterocycles. The molecule has 17 heavy (non-hydrogen) atoms. The minimum Gasteiger partial charge on any atom is -0.447 e. The van der Waals surface area contributed by atoms with Gasteiger partial charge >= 0.3 is 5.97 Å². The fourth-order valence-corrected chi connectivity index (χ4v) is 1.35. The van der Waals surface area contributed by atoms with Crippen LogP contribution in [0.15, 0.2) is 24.3 Å². The molecule has 0 radical (unpaired) electrons. The minimum atomic E-state index is -0.631. The SMILES string of the molecule is CCC(C#N)OC(=O)CCc1ccc(N)cc1. The van der Waals surface area contributed by atoms with Gasteiger partial charge in [0.2, 0.25) is 0 Å². The van der Waals surface area contributed by atoms with E-state index in [-0.39, 0.29) is 12.4 Å². The molecule has 0 saturated carbocycles. The number of hydrogen-bond acceptors (Lipinski definition) is 4. The van der Waals surface area contributed by atoms with Gasteiger partial charge in [-0.15, -0.1) is 0 Å². The van der Waals surface area contributed by atoms with E-state index in [9.17, 15) is 4.79 Å². The lowest BCUT2D eigenvalue weighted by atomic mass is 10.1. The predicted octanol–water partition coefficient (Wildman–Crippen LogP) is 2.05. The Morgan fingerprint density at radius 3 is 2.65 bits per heavy atom. The zero-order valence-corrected chi connectivity index (χ0v) is 9.85. The van der Waals surface area contributed by atoms with Gasteiger partial charge in [-0.1, -0.05) is 19.1 Å². The fourth-order valence-electron chi connectivity index (χ4n) is 1.35. The van der Waals surface area contributed by atoms with Crippen molar-refractivity contribution in [2.75, 3.05) is 5.73 Å². The Morgan fingerprint density at radius 1 is 1.47 bits per heavy atom. The van der Waals surface area contributed by atoms with Crippen LogP contribution in [-0.4, -0.2) is 12.1 Å². The van der Waals surface area contributed by atoms with Crippen molar-refractivity contribution in [1.82, 2.24) is 0 Å². The third-order valence-corrected chi connectivity index (χ3v) is 2.39. The highest BCUT2D eigenvalue weighted by molar-refractivity contribution is 5.70. The molecule has 1 aromatic rings. The van der Waals surface area contributed by atoms with Crippen molar-refractivity contribution in [1.29, 1.82) is 5.26 Å². The summed E-state index contributed by atoms with van der Waals surface area (Å²) in [5.74, 6) is -0.338. The number of hydrogen-bond donors (Lipinski definition) is 1. The zero-order valence-electron chi connectivity index (χ0n) is 9.85. The van der Waals surface area contributed by atoms with E-state index < -0.39 is 6.10 Å². The quantitative estimate of drug-likeness (QED) is 0.622. The molecule has 0 heterocycles. The average Bonchev–Trinajstić information content (AvgIpc) is 2.35. The molecular weight excluding hydrogens is 216 g/mol. The predicted molar refractivity (Wildman–Crippen MR) is 65.0 cm³/mol. The molecule has 4 heteroatoms. The summed E-state index contributed by atoms with van der Waals surface area (Å²) in [5.41, 5.74) is 7.29. The number of nitrogens with zero attached hydrogens (tertiary/aromatic N) is 1. The van der Waals surface area contributed by atoms with Crippen LogP contribution in [0.5, 0.6) is 0 Å². The largest absolute Gasteiger partial charge is 0.447 e. The number of benzene rings is 1. The summed E-state index contributed by atoms with van der Waals surface area (Å²) in [5, 5.41) is 8.65. The van der Waals surface area contributed by atoms with E-state index in [1.54, 1.807) is 19.1 Å². The lowest BCUT2D eigenvalue weighted by molar-refractivity contribution is -0.146. The van der Waals surface area contributed by atoms with Gasteiger partial charge in [0, 0.05) is 12.1 Å². The van der Waals surface area contributed by atoms with Gasteiger partial charge in [-0.3, -0.25) is 4.79 Å². The van der Waals surface area contributed by atoms with Crippen molar-refractivity contribution in [2.24, 2.45) is 0 Å². The van der Waals surface area contributed by atoms with Crippen LogP contribution >= 0.6 is 0 Å². The summed E-state index contributed by atoms with van der Waals surface area (Å²) in [4.78, 5) is 11.4. The maximum atomic E-state index is 11.4. The van der Waals surface area contributed by atoms with Crippen molar-refractivity contribution < 1.29 is 9.53 Å². The van der Waals surface area contributed by atoms with Gasteiger partial charge in [0.25, 0.3) is 0 Å². The second-order valence-electron chi connectivity index (χ2n) is 3.76. The highest BCUT2D eigenvalue weighted by Gasteiger charge is 2.11. The first kappa shape index (κ1) is 13.0. The van der Waals surface area contributed by atoms with Gasteiger partial charge in [0.05, 0.1) is 0 Å². The Hall–Kier alpha value is -2.02. The summed E-state index contributed by atoms with van der Waals surface area (Å²) in [6, 6.07) is 9.28. The van der Waals surface area contributed by atoms with Crippen molar-refractivity contribution in [3.63, 3.8) is 0 Å². The van der Waals surface area contributed by atoms with Crippen LogP contribution in [0.2, 0.25) is 0 Å². The van der Waals surface area contributed by atoms with Crippen LogP contribution < -0.4 is 5.73 Å². The van der Waals surface area contributed by atoms with E-state index in [4.69, 9.17) is 15.7 Å². The number of ether oxygens (including phenoxy) is 1. The number of nitrogen functional groups attached to an aromatic ring is 1. The molecule has 0 fully saturated rings. The monoisotopic (exact) mass is 232 g/mol. The lowest BCUT2D eigenvalue weighted by Gasteiger charge is -2.08. The topological polar surface area (TPSA) is 76.1 Å². The van der Waals surface area contributed by atoms with Crippen LogP contribution in [0.3, 0.4) is 0 Å². The number of anilines is 1. The summed E-state index contributed by atoms with van der Waals surface area (Å²) in [6.45, 7) is 1.81. The maximum absolute atomic E-state index is 11.4. The Balaban J connectivity index is 2.38. The number of carbonyl (C=O) groups is 1. The summed E-state index contributed by atoms with van der Waals surface area (Å²) < 4.78 is 4.97. The smallest absolute Gasteiger partial charge is 0.307 e. The van der Waals surface area contributed by atoms with Gasteiger partial charge in [-0.2, -0.15) is 5.26 Å².